The second kappa shape index (κ2) is 6.28. The molecule has 7 heteroatoms. The Morgan fingerprint density at radius 3 is 2.83 bits per heavy atom. The van der Waals surface area contributed by atoms with Crippen LogP contribution in [0.5, 0.6) is 0 Å². The van der Waals surface area contributed by atoms with Gasteiger partial charge in [-0.3, -0.25) is 4.79 Å². The zero-order valence-corrected chi connectivity index (χ0v) is 16.8. The van der Waals surface area contributed by atoms with Crippen LogP contribution >= 0.6 is 11.3 Å². The van der Waals surface area contributed by atoms with Crippen LogP contribution in [0.3, 0.4) is 0 Å². The van der Waals surface area contributed by atoms with Gasteiger partial charge in [0, 0.05) is 22.1 Å². The number of rotatable bonds is 2. The zero-order valence-electron chi connectivity index (χ0n) is 16.0. The molecule has 6 rings (SSSR count). The number of aryl methyl sites for hydroxylation is 1. The molecular formula is C22H19N3O3S. The minimum absolute atomic E-state index is 0.354. The molecule has 1 unspecified atom stereocenters. The minimum atomic E-state index is -1.42. The van der Waals surface area contributed by atoms with Crippen molar-refractivity contribution in [1.29, 1.82) is 0 Å². The molecule has 29 heavy (non-hydrogen) atoms. The highest BCUT2D eigenvalue weighted by Gasteiger charge is 2.40. The predicted molar refractivity (Wildman–Crippen MR) is 108 cm³/mol. The highest BCUT2D eigenvalue weighted by atomic mass is 32.1. The lowest BCUT2D eigenvalue weighted by Gasteiger charge is -2.33. The molecule has 2 aromatic heterocycles. The molecule has 0 spiro atoms. The summed E-state index contributed by atoms with van der Waals surface area (Å²) in [6.07, 6.45) is 2.15. The summed E-state index contributed by atoms with van der Waals surface area (Å²) in [4.78, 5) is 17.4. The normalized spacial score (nSPS) is 20.9. The Hall–Kier alpha value is -2.95. The Morgan fingerprint density at radius 2 is 2.14 bits per heavy atom. The van der Waals surface area contributed by atoms with Gasteiger partial charge in [0.2, 0.25) is 0 Å². The number of hydrogen-bond acceptors (Lipinski definition) is 6. The third-order valence-electron chi connectivity index (χ3n) is 5.70. The van der Waals surface area contributed by atoms with Crippen LogP contribution in [0.2, 0.25) is 0 Å². The SMILES string of the molecule is Cc1cc(C(C)(O)C#Cc2ccc3c(c2)-c2nc(C(N)=O)sc2C2CC3C2)no1. The fraction of sp³-hybridized carbons (Fsp3) is 0.318. The minimum Gasteiger partial charge on any atom is -0.372 e. The van der Waals surface area contributed by atoms with Crippen molar-refractivity contribution in [3.8, 4) is 23.1 Å². The molecular weight excluding hydrogens is 386 g/mol. The number of hydrogen-bond donors (Lipinski definition) is 2. The smallest absolute Gasteiger partial charge is 0.277 e. The molecule has 1 amide bonds. The van der Waals surface area contributed by atoms with Gasteiger partial charge in [-0.2, -0.15) is 0 Å². The van der Waals surface area contributed by atoms with Crippen molar-refractivity contribution in [2.75, 3.05) is 0 Å². The summed E-state index contributed by atoms with van der Waals surface area (Å²) >= 11 is 1.41. The maximum atomic E-state index is 11.7. The van der Waals surface area contributed by atoms with Crippen LogP contribution in [0.15, 0.2) is 28.8 Å². The molecule has 0 saturated heterocycles. The lowest BCUT2D eigenvalue weighted by molar-refractivity contribution is 0.0999. The average Bonchev–Trinajstić information content (AvgIpc) is 3.22. The number of aromatic nitrogens is 2. The van der Waals surface area contributed by atoms with Gasteiger partial charge in [0.05, 0.1) is 5.69 Å². The largest absolute Gasteiger partial charge is 0.372 e. The fourth-order valence-corrected chi connectivity index (χ4v) is 5.10. The molecule has 2 heterocycles. The Kier molecular flexibility index (Phi) is 3.92. The number of carbonyl (C=O) groups excluding carboxylic acids is 1. The van der Waals surface area contributed by atoms with Gasteiger partial charge >= 0.3 is 0 Å². The van der Waals surface area contributed by atoms with E-state index in [9.17, 15) is 9.90 Å². The van der Waals surface area contributed by atoms with E-state index in [0.29, 0.717) is 28.3 Å². The number of thiazole rings is 1. The first-order valence-corrected chi connectivity index (χ1v) is 10.3. The summed E-state index contributed by atoms with van der Waals surface area (Å²) in [5.41, 5.74) is 8.30. The van der Waals surface area contributed by atoms with Crippen molar-refractivity contribution < 1.29 is 14.4 Å². The first-order valence-electron chi connectivity index (χ1n) is 9.46. The molecule has 1 atom stereocenters. The van der Waals surface area contributed by atoms with Crippen LogP contribution in [0, 0.1) is 18.8 Å². The number of primary amides is 1. The Bertz CT molecular complexity index is 1210. The molecule has 1 saturated carbocycles. The summed E-state index contributed by atoms with van der Waals surface area (Å²) < 4.78 is 5.05. The first-order chi connectivity index (χ1) is 13.8. The topological polar surface area (TPSA) is 102 Å². The van der Waals surface area contributed by atoms with Crippen LogP contribution in [0.1, 0.15) is 68.9 Å². The van der Waals surface area contributed by atoms with Gasteiger partial charge in [-0.15, -0.1) is 11.3 Å². The van der Waals surface area contributed by atoms with Gasteiger partial charge in [0.25, 0.3) is 5.91 Å². The maximum Gasteiger partial charge on any atom is 0.277 e. The molecule has 1 aromatic carbocycles. The van der Waals surface area contributed by atoms with E-state index < -0.39 is 11.5 Å². The number of benzene rings is 1. The van der Waals surface area contributed by atoms with Crippen molar-refractivity contribution in [3.05, 3.63) is 56.7 Å². The predicted octanol–water partition coefficient (Wildman–Crippen LogP) is 3.44. The van der Waals surface area contributed by atoms with Crippen molar-refractivity contribution in [1.82, 2.24) is 10.1 Å². The molecule has 0 radical (unpaired) electrons. The van der Waals surface area contributed by atoms with Crippen LogP contribution in [-0.4, -0.2) is 21.2 Å². The molecule has 3 aromatic rings. The average molecular weight is 405 g/mol. The van der Waals surface area contributed by atoms with Crippen LogP contribution in [0.4, 0.5) is 0 Å². The molecule has 3 aliphatic rings. The van der Waals surface area contributed by atoms with E-state index in [-0.39, 0.29) is 0 Å². The molecule has 146 valence electrons. The number of amides is 1. The summed E-state index contributed by atoms with van der Waals surface area (Å²) in [5.74, 6) is 7.02. The lowest BCUT2D eigenvalue weighted by atomic mass is 9.72. The standard InChI is InChI=1S/C22H19N3O3S/c1-11-7-17(25-28-11)22(2,27)6-5-12-3-4-15-13-9-14(10-13)19-18(16(15)8-12)24-21(29-19)20(23)26/h3-4,7-8,13-14,27H,9-10H2,1-2H3,(H2,23,26). The van der Waals surface area contributed by atoms with Crippen LogP contribution < -0.4 is 5.73 Å². The molecule has 2 bridgehead atoms. The van der Waals surface area contributed by atoms with Gasteiger partial charge < -0.3 is 15.4 Å². The van der Waals surface area contributed by atoms with Crippen molar-refractivity contribution in [2.24, 2.45) is 5.73 Å². The molecule has 1 fully saturated rings. The monoisotopic (exact) mass is 405 g/mol. The second-order valence-electron chi connectivity index (χ2n) is 7.91. The number of nitrogens with two attached hydrogens (primary N) is 1. The Labute approximate surface area is 171 Å². The Balaban J connectivity index is 1.57. The van der Waals surface area contributed by atoms with E-state index in [1.54, 1.807) is 19.9 Å². The number of nitrogens with zero attached hydrogens (tertiary/aromatic N) is 2. The molecule has 6 nitrogen and oxygen atoms in total. The van der Waals surface area contributed by atoms with Gasteiger partial charge in [-0.25, -0.2) is 4.98 Å². The summed E-state index contributed by atoms with van der Waals surface area (Å²) in [6.45, 7) is 3.36. The highest BCUT2D eigenvalue weighted by molar-refractivity contribution is 7.14. The highest BCUT2D eigenvalue weighted by Crippen LogP contribution is 2.56. The first kappa shape index (κ1) is 18.1. The molecule has 3 aliphatic carbocycles. The molecule has 3 N–H and O–H groups in total. The quantitative estimate of drug-likeness (QED) is 0.636. The van der Waals surface area contributed by atoms with E-state index in [1.807, 2.05) is 12.1 Å². The van der Waals surface area contributed by atoms with Crippen LogP contribution in [0.25, 0.3) is 11.3 Å². The van der Waals surface area contributed by atoms with E-state index in [1.165, 1.54) is 16.9 Å². The number of carbonyl (C=O) groups is 1. The summed E-state index contributed by atoms with van der Waals surface area (Å²) in [5, 5.41) is 14.9. The van der Waals surface area contributed by atoms with Crippen LogP contribution in [-0.2, 0) is 5.60 Å². The van der Waals surface area contributed by atoms with E-state index >= 15 is 0 Å². The number of aliphatic hydroxyl groups is 1. The fourth-order valence-electron chi connectivity index (χ4n) is 4.04. The van der Waals surface area contributed by atoms with Crippen molar-refractivity contribution >= 4 is 17.2 Å². The van der Waals surface area contributed by atoms with Crippen molar-refractivity contribution in [2.45, 2.75) is 44.1 Å². The Morgan fingerprint density at radius 1 is 1.34 bits per heavy atom. The van der Waals surface area contributed by atoms with Crippen molar-refractivity contribution in [3.63, 3.8) is 0 Å². The third-order valence-corrected chi connectivity index (χ3v) is 6.93. The van der Waals surface area contributed by atoms with E-state index in [4.69, 9.17) is 10.3 Å². The maximum absolute atomic E-state index is 11.7. The van der Waals surface area contributed by atoms with Gasteiger partial charge in [-0.05, 0) is 56.2 Å². The zero-order chi connectivity index (χ0) is 20.3. The van der Waals surface area contributed by atoms with Gasteiger partial charge in [-0.1, -0.05) is 23.1 Å². The van der Waals surface area contributed by atoms with E-state index in [0.717, 1.165) is 34.5 Å². The third kappa shape index (κ3) is 2.96. The van der Waals surface area contributed by atoms with Gasteiger partial charge in [0.1, 0.15) is 11.5 Å². The lowest BCUT2D eigenvalue weighted by Crippen LogP contribution is -2.19. The summed E-state index contributed by atoms with van der Waals surface area (Å²) in [7, 11) is 0. The second-order valence-corrected chi connectivity index (χ2v) is 8.94. The summed E-state index contributed by atoms with van der Waals surface area (Å²) in [6, 6.07) is 7.73. The molecule has 0 aliphatic heterocycles. The van der Waals surface area contributed by atoms with Gasteiger partial charge in [0.15, 0.2) is 10.6 Å². The van der Waals surface area contributed by atoms with E-state index in [2.05, 4.69) is 28.0 Å².